The molecular weight excluding hydrogens is 396 g/mol. The Kier molecular flexibility index (Phi) is 5.29. The monoisotopic (exact) mass is 432 g/mol. The maximum absolute atomic E-state index is 11.8. The summed E-state index contributed by atoms with van der Waals surface area (Å²) in [5, 5.41) is 11.8. The number of benzene rings is 1. The van der Waals surface area contributed by atoms with Gasteiger partial charge < -0.3 is 9.84 Å². The summed E-state index contributed by atoms with van der Waals surface area (Å²) in [7, 11) is 0. The third kappa shape index (κ3) is 3.34. The zero-order valence-electron chi connectivity index (χ0n) is 19.7. The Bertz CT molecular complexity index is 985. The van der Waals surface area contributed by atoms with Gasteiger partial charge in [0.25, 0.3) is 0 Å². The quantitative estimate of drug-likeness (QED) is 0.354. The number of carbonyl (C=O) groups excluding carboxylic acids is 1. The van der Waals surface area contributed by atoms with Gasteiger partial charge in [-0.3, -0.25) is 4.79 Å². The van der Waals surface area contributed by atoms with E-state index in [0.717, 1.165) is 56.9 Å². The molecule has 170 valence electrons. The molecular formula is C29H36O3. The van der Waals surface area contributed by atoms with Gasteiger partial charge in [-0.25, -0.2) is 0 Å². The molecule has 0 saturated heterocycles. The molecule has 3 fully saturated rings. The third-order valence-corrected chi connectivity index (χ3v) is 9.73. The van der Waals surface area contributed by atoms with E-state index in [4.69, 9.17) is 4.74 Å². The average Bonchev–Trinajstić information content (AvgIpc) is 3.04. The number of ether oxygens (including phenoxy) is 1. The Balaban J connectivity index is 1.40. The molecule has 32 heavy (non-hydrogen) atoms. The summed E-state index contributed by atoms with van der Waals surface area (Å²) in [4.78, 5) is 11.5. The number of allylic oxidation sites excluding steroid dienone is 1. The van der Waals surface area contributed by atoms with Crippen molar-refractivity contribution >= 4 is 5.97 Å². The first kappa shape index (κ1) is 21.8. The van der Waals surface area contributed by atoms with Gasteiger partial charge in [0.2, 0.25) is 0 Å². The smallest absolute Gasteiger partial charge is 0.302 e. The lowest BCUT2D eigenvalue weighted by Gasteiger charge is -2.58. The van der Waals surface area contributed by atoms with E-state index in [1.807, 2.05) is 30.3 Å². The van der Waals surface area contributed by atoms with Crippen LogP contribution in [0.4, 0.5) is 0 Å². The number of carbonyl (C=O) groups is 1. The van der Waals surface area contributed by atoms with E-state index in [1.165, 1.54) is 12.5 Å². The first-order valence-electron chi connectivity index (χ1n) is 12.4. The van der Waals surface area contributed by atoms with Crippen molar-refractivity contribution in [2.45, 2.75) is 83.8 Å². The summed E-state index contributed by atoms with van der Waals surface area (Å²) in [6, 6.07) is 10.0. The molecule has 5 rings (SSSR count). The molecule has 3 heteroatoms. The SMILES string of the molecule is CC(=O)O[C@@H]1CC[C@@]2(C)C(=CC[C@H]3[C@H]2CC[C@@]2(C)[C@@H]3CC[C@@]2(O)C#Cc2ccccc2)C1. The van der Waals surface area contributed by atoms with Crippen molar-refractivity contribution in [2.75, 3.05) is 0 Å². The number of aliphatic hydroxyl groups is 1. The van der Waals surface area contributed by atoms with Gasteiger partial charge in [0.05, 0.1) is 0 Å². The highest BCUT2D eigenvalue weighted by atomic mass is 16.5. The number of rotatable bonds is 1. The molecule has 1 aromatic rings. The summed E-state index contributed by atoms with van der Waals surface area (Å²) >= 11 is 0. The fourth-order valence-electron chi connectivity index (χ4n) is 7.88. The summed E-state index contributed by atoms with van der Waals surface area (Å²) in [6.07, 6.45) is 10.6. The van der Waals surface area contributed by atoms with E-state index in [1.54, 1.807) is 0 Å². The van der Waals surface area contributed by atoms with E-state index in [-0.39, 0.29) is 22.9 Å². The number of esters is 1. The highest BCUT2D eigenvalue weighted by Crippen LogP contribution is 2.67. The topological polar surface area (TPSA) is 46.5 Å². The standard InChI is InChI=1S/C29H36O3/c1-20(30)32-23-12-15-27(2)22(19-23)9-10-24-25(27)13-16-28(3)26(24)14-18-29(28,31)17-11-21-7-5-4-6-8-21/h4-9,23-26,31H,10,12-16,18-19H2,1-3H3/t23-,24+,25-,26-,27+,28+,29+/m1/s1. The van der Waals surface area contributed by atoms with E-state index < -0.39 is 5.60 Å². The van der Waals surface area contributed by atoms with Crippen LogP contribution < -0.4 is 0 Å². The van der Waals surface area contributed by atoms with Crippen LogP contribution in [0.15, 0.2) is 42.0 Å². The highest BCUT2D eigenvalue weighted by molar-refractivity contribution is 5.66. The molecule has 4 aliphatic carbocycles. The van der Waals surface area contributed by atoms with Crippen molar-refractivity contribution in [3.63, 3.8) is 0 Å². The summed E-state index contributed by atoms with van der Waals surface area (Å²) in [6.45, 7) is 6.28. The van der Waals surface area contributed by atoms with Crippen molar-refractivity contribution in [3.05, 3.63) is 47.5 Å². The lowest BCUT2D eigenvalue weighted by atomic mass is 9.47. The second kappa shape index (κ2) is 7.77. The fourth-order valence-corrected chi connectivity index (χ4v) is 7.88. The molecule has 7 atom stereocenters. The van der Waals surface area contributed by atoms with Crippen molar-refractivity contribution in [1.82, 2.24) is 0 Å². The molecule has 0 bridgehead atoms. The van der Waals surface area contributed by atoms with Crippen LogP contribution in [0.25, 0.3) is 0 Å². The summed E-state index contributed by atoms with van der Waals surface area (Å²) in [5.74, 6) is 8.23. The lowest BCUT2D eigenvalue weighted by molar-refractivity contribution is -0.149. The summed E-state index contributed by atoms with van der Waals surface area (Å²) in [5.41, 5.74) is 1.64. The van der Waals surface area contributed by atoms with Crippen LogP contribution in [0.5, 0.6) is 0 Å². The molecule has 4 aliphatic rings. The maximum atomic E-state index is 11.8. The minimum absolute atomic E-state index is 0.0436. The van der Waals surface area contributed by atoms with Gasteiger partial charge in [0, 0.05) is 24.3 Å². The zero-order valence-corrected chi connectivity index (χ0v) is 19.7. The minimum Gasteiger partial charge on any atom is -0.462 e. The van der Waals surface area contributed by atoms with E-state index >= 15 is 0 Å². The van der Waals surface area contributed by atoms with Crippen LogP contribution in [0.1, 0.15) is 77.7 Å². The Morgan fingerprint density at radius 2 is 1.81 bits per heavy atom. The molecule has 0 spiro atoms. The molecule has 1 N–H and O–H groups in total. The lowest BCUT2D eigenvalue weighted by Crippen LogP contribution is -2.54. The van der Waals surface area contributed by atoms with Gasteiger partial charge in [-0.2, -0.15) is 0 Å². The first-order valence-corrected chi connectivity index (χ1v) is 12.4. The number of hydrogen-bond acceptors (Lipinski definition) is 3. The molecule has 3 nitrogen and oxygen atoms in total. The third-order valence-electron chi connectivity index (χ3n) is 9.73. The Labute approximate surface area is 192 Å². The molecule has 0 unspecified atom stereocenters. The molecule has 0 aliphatic heterocycles. The van der Waals surface area contributed by atoms with Gasteiger partial charge in [-0.15, -0.1) is 0 Å². The number of fused-ring (bicyclic) bond motifs is 5. The summed E-state index contributed by atoms with van der Waals surface area (Å²) < 4.78 is 5.57. The zero-order chi connectivity index (χ0) is 22.6. The van der Waals surface area contributed by atoms with E-state index in [9.17, 15) is 9.90 Å². The molecule has 0 radical (unpaired) electrons. The largest absolute Gasteiger partial charge is 0.462 e. The van der Waals surface area contributed by atoms with E-state index in [0.29, 0.717) is 17.8 Å². The van der Waals surface area contributed by atoms with Gasteiger partial charge in [-0.05, 0) is 80.2 Å². The van der Waals surface area contributed by atoms with E-state index in [2.05, 4.69) is 31.8 Å². The van der Waals surface area contributed by atoms with Crippen LogP contribution in [-0.4, -0.2) is 22.8 Å². The van der Waals surface area contributed by atoms with Crippen LogP contribution in [0, 0.1) is 40.4 Å². The van der Waals surface area contributed by atoms with Crippen LogP contribution in [-0.2, 0) is 9.53 Å². The van der Waals surface area contributed by atoms with Gasteiger partial charge in [0.1, 0.15) is 11.7 Å². The molecule has 0 amide bonds. The van der Waals surface area contributed by atoms with Gasteiger partial charge >= 0.3 is 5.97 Å². The second-order valence-corrected chi connectivity index (χ2v) is 11.2. The van der Waals surface area contributed by atoms with Crippen LogP contribution >= 0.6 is 0 Å². The molecule has 0 aromatic heterocycles. The predicted octanol–water partition coefficient (Wildman–Crippen LogP) is 5.66. The Morgan fingerprint density at radius 3 is 2.56 bits per heavy atom. The first-order chi connectivity index (χ1) is 15.3. The van der Waals surface area contributed by atoms with Gasteiger partial charge in [0.15, 0.2) is 0 Å². The fraction of sp³-hybridized carbons (Fsp3) is 0.621. The van der Waals surface area contributed by atoms with Crippen molar-refractivity contribution in [3.8, 4) is 11.8 Å². The average molecular weight is 433 g/mol. The number of hydrogen-bond donors (Lipinski definition) is 1. The van der Waals surface area contributed by atoms with Crippen molar-refractivity contribution in [1.29, 1.82) is 0 Å². The minimum atomic E-state index is -0.906. The van der Waals surface area contributed by atoms with Crippen molar-refractivity contribution in [2.24, 2.45) is 28.6 Å². The highest BCUT2D eigenvalue weighted by Gasteiger charge is 2.63. The van der Waals surface area contributed by atoms with Gasteiger partial charge in [-0.1, -0.05) is 55.5 Å². The van der Waals surface area contributed by atoms with Crippen LogP contribution in [0.2, 0.25) is 0 Å². The second-order valence-electron chi connectivity index (χ2n) is 11.2. The maximum Gasteiger partial charge on any atom is 0.302 e. The predicted molar refractivity (Wildman–Crippen MR) is 126 cm³/mol. The molecule has 1 aromatic carbocycles. The molecule has 0 heterocycles. The van der Waals surface area contributed by atoms with Crippen LogP contribution in [0.3, 0.4) is 0 Å². The molecule has 3 saturated carbocycles. The Hall–Kier alpha value is -2.05. The normalized spacial score (nSPS) is 42.4. The van der Waals surface area contributed by atoms with Crippen molar-refractivity contribution < 1.29 is 14.6 Å². The Morgan fingerprint density at radius 1 is 1.06 bits per heavy atom.